The molecule has 0 aliphatic rings. The van der Waals surface area contributed by atoms with Gasteiger partial charge in [0, 0.05) is 11.6 Å². The molecule has 7 heteroatoms. The van der Waals surface area contributed by atoms with Gasteiger partial charge in [0.1, 0.15) is 5.82 Å². The zero-order chi connectivity index (χ0) is 16.8. The van der Waals surface area contributed by atoms with Crippen LogP contribution in [-0.2, 0) is 6.42 Å². The van der Waals surface area contributed by atoms with Gasteiger partial charge in [0.05, 0.1) is 6.26 Å². The number of halogens is 1. The molecular formula is C17H15ClN4O2. The van der Waals surface area contributed by atoms with E-state index in [0.717, 1.165) is 17.0 Å². The van der Waals surface area contributed by atoms with Gasteiger partial charge in [-0.2, -0.15) is 0 Å². The molecule has 0 fully saturated rings. The third kappa shape index (κ3) is 4.33. The SMILES string of the molecule is O=C(Nc1ccc(NCCc2cccc(Cl)c2)nn1)c1ccco1. The van der Waals surface area contributed by atoms with Crippen LogP contribution in [0.1, 0.15) is 16.1 Å². The van der Waals surface area contributed by atoms with E-state index in [1.807, 2.05) is 24.3 Å². The fourth-order valence-electron chi connectivity index (χ4n) is 2.11. The second-order valence-corrected chi connectivity index (χ2v) is 5.48. The molecule has 0 saturated heterocycles. The van der Waals surface area contributed by atoms with E-state index >= 15 is 0 Å². The molecule has 0 aliphatic carbocycles. The van der Waals surface area contributed by atoms with Crippen molar-refractivity contribution in [1.82, 2.24) is 10.2 Å². The zero-order valence-corrected chi connectivity index (χ0v) is 13.5. The first-order valence-electron chi connectivity index (χ1n) is 7.37. The van der Waals surface area contributed by atoms with Gasteiger partial charge in [0.15, 0.2) is 11.6 Å². The van der Waals surface area contributed by atoms with E-state index in [9.17, 15) is 4.79 Å². The molecule has 0 aliphatic heterocycles. The predicted octanol–water partition coefficient (Wildman–Crippen LogP) is 3.63. The number of nitrogens with zero attached hydrogens (tertiary/aromatic N) is 2. The standard InChI is InChI=1S/C17H15ClN4O2/c18-13-4-1-3-12(11-13)8-9-19-15-6-7-16(22-21-15)20-17(23)14-5-2-10-24-14/h1-7,10-11H,8-9H2,(H,19,21)(H,20,22,23). The second kappa shape index (κ2) is 7.61. The highest BCUT2D eigenvalue weighted by Gasteiger charge is 2.09. The van der Waals surface area contributed by atoms with Gasteiger partial charge >= 0.3 is 0 Å². The van der Waals surface area contributed by atoms with Crippen LogP contribution in [0.5, 0.6) is 0 Å². The van der Waals surface area contributed by atoms with Crippen LogP contribution >= 0.6 is 11.6 Å². The number of rotatable bonds is 6. The fraction of sp³-hybridized carbons (Fsp3) is 0.118. The number of nitrogens with one attached hydrogen (secondary N) is 2. The van der Waals surface area contributed by atoms with Crippen LogP contribution < -0.4 is 10.6 Å². The van der Waals surface area contributed by atoms with E-state index in [-0.39, 0.29) is 11.7 Å². The number of anilines is 2. The Labute approximate surface area is 143 Å². The summed E-state index contributed by atoms with van der Waals surface area (Å²) in [5.41, 5.74) is 1.14. The minimum absolute atomic E-state index is 0.223. The number of furan rings is 1. The van der Waals surface area contributed by atoms with E-state index in [2.05, 4.69) is 20.8 Å². The van der Waals surface area contributed by atoms with Crippen molar-refractivity contribution in [3.63, 3.8) is 0 Å². The zero-order valence-electron chi connectivity index (χ0n) is 12.7. The van der Waals surface area contributed by atoms with Crippen LogP contribution in [-0.4, -0.2) is 22.6 Å². The molecule has 3 aromatic rings. The van der Waals surface area contributed by atoms with Crippen LogP contribution in [0.25, 0.3) is 0 Å². The Morgan fingerprint density at radius 3 is 2.62 bits per heavy atom. The minimum atomic E-state index is -0.365. The van der Waals surface area contributed by atoms with Crippen molar-refractivity contribution in [3.05, 3.63) is 71.1 Å². The molecule has 0 bridgehead atoms. The van der Waals surface area contributed by atoms with Crippen molar-refractivity contribution in [2.45, 2.75) is 6.42 Å². The minimum Gasteiger partial charge on any atom is -0.459 e. The number of hydrogen-bond donors (Lipinski definition) is 2. The fourth-order valence-corrected chi connectivity index (χ4v) is 2.32. The number of aromatic nitrogens is 2. The lowest BCUT2D eigenvalue weighted by Crippen LogP contribution is -2.13. The second-order valence-electron chi connectivity index (χ2n) is 5.04. The van der Waals surface area contributed by atoms with Gasteiger partial charge in [-0.05, 0) is 48.4 Å². The maximum Gasteiger partial charge on any atom is 0.292 e. The molecule has 0 unspecified atom stereocenters. The third-order valence-corrected chi connectivity index (χ3v) is 3.50. The number of carbonyl (C=O) groups is 1. The van der Waals surface area contributed by atoms with E-state index in [1.54, 1.807) is 24.3 Å². The molecule has 122 valence electrons. The largest absolute Gasteiger partial charge is 0.459 e. The first-order valence-corrected chi connectivity index (χ1v) is 7.75. The van der Waals surface area contributed by atoms with Crippen LogP contribution in [0.2, 0.25) is 5.02 Å². The predicted molar refractivity (Wildman–Crippen MR) is 92.3 cm³/mol. The van der Waals surface area contributed by atoms with E-state index < -0.39 is 0 Å². The Bertz CT molecular complexity index is 804. The average molecular weight is 343 g/mol. The van der Waals surface area contributed by atoms with E-state index in [4.69, 9.17) is 16.0 Å². The van der Waals surface area contributed by atoms with Crippen molar-refractivity contribution in [1.29, 1.82) is 0 Å². The molecule has 3 rings (SSSR count). The molecule has 2 N–H and O–H groups in total. The summed E-state index contributed by atoms with van der Waals surface area (Å²) in [4.78, 5) is 11.8. The van der Waals surface area contributed by atoms with Gasteiger partial charge in [-0.15, -0.1) is 10.2 Å². The third-order valence-electron chi connectivity index (χ3n) is 3.26. The number of hydrogen-bond acceptors (Lipinski definition) is 5. The Kier molecular flexibility index (Phi) is 5.08. The number of carbonyl (C=O) groups excluding carboxylic acids is 1. The monoisotopic (exact) mass is 342 g/mol. The Morgan fingerprint density at radius 2 is 1.92 bits per heavy atom. The van der Waals surface area contributed by atoms with Crippen LogP contribution in [0, 0.1) is 0 Å². The summed E-state index contributed by atoms with van der Waals surface area (Å²) in [6.07, 6.45) is 2.26. The quantitative estimate of drug-likeness (QED) is 0.715. The smallest absolute Gasteiger partial charge is 0.292 e. The van der Waals surface area contributed by atoms with E-state index in [1.165, 1.54) is 6.26 Å². The molecule has 24 heavy (non-hydrogen) atoms. The first-order chi connectivity index (χ1) is 11.7. The van der Waals surface area contributed by atoms with Crippen LogP contribution in [0.4, 0.5) is 11.6 Å². The molecule has 6 nitrogen and oxygen atoms in total. The topological polar surface area (TPSA) is 80.0 Å². The summed E-state index contributed by atoms with van der Waals surface area (Å²) in [7, 11) is 0. The molecule has 1 amide bonds. The maximum atomic E-state index is 11.8. The van der Waals surface area contributed by atoms with Crippen LogP contribution in [0.15, 0.2) is 59.2 Å². The normalized spacial score (nSPS) is 10.4. The molecule has 0 spiro atoms. The van der Waals surface area contributed by atoms with E-state index in [0.29, 0.717) is 18.2 Å². The Morgan fingerprint density at radius 1 is 1.08 bits per heavy atom. The molecule has 0 saturated carbocycles. The van der Waals surface area contributed by atoms with Gasteiger partial charge in [-0.25, -0.2) is 0 Å². The number of amides is 1. The summed E-state index contributed by atoms with van der Waals surface area (Å²) in [5, 5.41) is 14.5. The summed E-state index contributed by atoms with van der Waals surface area (Å²) >= 11 is 5.95. The molecule has 2 aromatic heterocycles. The van der Waals surface area contributed by atoms with Crippen molar-refractivity contribution in [3.8, 4) is 0 Å². The average Bonchev–Trinajstić information content (AvgIpc) is 3.11. The summed E-state index contributed by atoms with van der Waals surface area (Å²) in [6.45, 7) is 0.702. The Balaban J connectivity index is 1.50. The highest BCUT2D eigenvalue weighted by Crippen LogP contribution is 2.12. The van der Waals surface area contributed by atoms with Gasteiger partial charge in [-0.3, -0.25) is 4.79 Å². The molecular weight excluding hydrogens is 328 g/mol. The van der Waals surface area contributed by atoms with Crippen molar-refractivity contribution in [2.75, 3.05) is 17.2 Å². The van der Waals surface area contributed by atoms with Crippen molar-refractivity contribution >= 4 is 29.1 Å². The van der Waals surface area contributed by atoms with Gasteiger partial charge in [0.2, 0.25) is 0 Å². The molecule has 1 aromatic carbocycles. The first kappa shape index (κ1) is 16.0. The lowest BCUT2D eigenvalue weighted by atomic mass is 10.1. The summed E-state index contributed by atoms with van der Waals surface area (Å²) in [6, 6.07) is 14.4. The molecule has 0 atom stereocenters. The highest BCUT2D eigenvalue weighted by atomic mass is 35.5. The maximum absolute atomic E-state index is 11.8. The Hall–Kier alpha value is -2.86. The van der Waals surface area contributed by atoms with Crippen molar-refractivity contribution in [2.24, 2.45) is 0 Å². The lowest BCUT2D eigenvalue weighted by Gasteiger charge is -2.06. The lowest BCUT2D eigenvalue weighted by molar-refractivity contribution is 0.0996. The highest BCUT2D eigenvalue weighted by molar-refractivity contribution is 6.30. The summed E-state index contributed by atoms with van der Waals surface area (Å²) < 4.78 is 5.01. The van der Waals surface area contributed by atoms with Crippen LogP contribution in [0.3, 0.4) is 0 Å². The van der Waals surface area contributed by atoms with Gasteiger partial charge in [-0.1, -0.05) is 23.7 Å². The molecule has 2 heterocycles. The molecule has 0 radical (unpaired) electrons. The number of benzene rings is 1. The summed E-state index contributed by atoms with van der Waals surface area (Å²) in [5.74, 6) is 0.848. The van der Waals surface area contributed by atoms with Gasteiger partial charge < -0.3 is 15.1 Å². The van der Waals surface area contributed by atoms with Crippen molar-refractivity contribution < 1.29 is 9.21 Å². The van der Waals surface area contributed by atoms with Gasteiger partial charge in [0.25, 0.3) is 5.91 Å².